The Balaban J connectivity index is 0.719. The lowest BCUT2D eigenvalue weighted by Gasteiger charge is -2.34. The number of likely N-dealkylation sites (N-methyl/N-ethyl adjacent to an activating group) is 2. The highest BCUT2D eigenvalue weighted by atomic mass is 16.5. The number of hydrogen-bond donors (Lipinski definition) is 10. The highest BCUT2D eigenvalue weighted by molar-refractivity contribution is 5.96. The molecule has 95 heavy (non-hydrogen) atoms. The second-order valence-electron chi connectivity index (χ2n) is 25.7. The van der Waals surface area contributed by atoms with Gasteiger partial charge >= 0.3 is 0 Å². The van der Waals surface area contributed by atoms with E-state index in [2.05, 4.69) is 70.2 Å². The molecule has 10 N–H and O–H groups in total. The van der Waals surface area contributed by atoms with Crippen LogP contribution in [0.15, 0.2) is 146 Å². The summed E-state index contributed by atoms with van der Waals surface area (Å²) in [7, 11) is 3.53. The number of fused-ring (bicyclic) bond motifs is 2. The molecule has 0 aliphatic carbocycles. The molecule has 0 radical (unpaired) electrons. The van der Waals surface area contributed by atoms with Crippen molar-refractivity contribution in [1.82, 2.24) is 63.0 Å². The average molecular weight is 1300 g/mol. The predicted molar refractivity (Wildman–Crippen MR) is 365 cm³/mol. The molecule has 4 aliphatic heterocycles. The van der Waals surface area contributed by atoms with Crippen LogP contribution >= 0.6 is 0 Å². The molecule has 4 saturated heterocycles. The van der Waals surface area contributed by atoms with Crippen molar-refractivity contribution >= 4 is 41.4 Å². The van der Waals surface area contributed by atoms with Crippen molar-refractivity contribution in [1.29, 1.82) is 0 Å². The minimum absolute atomic E-state index is 0.0450. The first-order chi connectivity index (χ1) is 46.3. The minimum Gasteiger partial charge on any atom is -0.375 e. The van der Waals surface area contributed by atoms with Gasteiger partial charge in [0.15, 0.2) is 0 Å². The molecule has 7 amide bonds. The molecule has 0 spiro atoms. The van der Waals surface area contributed by atoms with Crippen molar-refractivity contribution in [3.63, 3.8) is 0 Å². The highest BCUT2D eigenvalue weighted by Gasteiger charge is 2.49. The fourth-order valence-electron chi connectivity index (χ4n) is 14.0. The second kappa shape index (κ2) is 36.8. The largest absolute Gasteiger partial charge is 0.375 e. The normalized spacial score (nSPS) is 22.3. The summed E-state index contributed by atoms with van der Waals surface area (Å²) in [6, 6.07) is 41.3. The number of nitrogens with one attached hydrogen (secondary N) is 10. The third kappa shape index (κ3) is 20.1. The van der Waals surface area contributed by atoms with E-state index in [1.165, 1.54) is 5.56 Å². The van der Waals surface area contributed by atoms with Gasteiger partial charge in [-0.15, -0.1) is 0 Å². The molecule has 510 valence electrons. The molecule has 9 rings (SSSR count). The number of carbonyl (C=O) groups is 7. The van der Waals surface area contributed by atoms with Crippen molar-refractivity contribution < 1.29 is 43.0 Å². The summed E-state index contributed by atoms with van der Waals surface area (Å²) in [5, 5.41) is 31.9. The Labute approximate surface area is 560 Å². The van der Waals surface area contributed by atoms with E-state index in [1.807, 2.05) is 135 Å². The topological polar surface area (TPSA) is 265 Å². The van der Waals surface area contributed by atoms with Crippen LogP contribution in [-0.2, 0) is 69.3 Å². The van der Waals surface area contributed by atoms with Crippen LogP contribution in [0.1, 0.15) is 124 Å². The van der Waals surface area contributed by atoms with Gasteiger partial charge in [0.2, 0.25) is 41.4 Å². The molecule has 21 heteroatoms. The van der Waals surface area contributed by atoms with Crippen LogP contribution in [-0.4, -0.2) is 160 Å². The highest BCUT2D eigenvalue weighted by Crippen LogP contribution is 2.36. The summed E-state index contributed by atoms with van der Waals surface area (Å²) in [6.07, 6.45) is 6.91. The van der Waals surface area contributed by atoms with E-state index in [4.69, 9.17) is 9.47 Å². The van der Waals surface area contributed by atoms with Crippen LogP contribution < -0.4 is 53.2 Å². The third-order valence-electron chi connectivity index (χ3n) is 19.4. The molecular formula is C74H100N12O9. The number of benzene rings is 5. The molecular weight excluding hydrogens is 1200 g/mol. The first-order valence-corrected chi connectivity index (χ1v) is 34.4. The first kappa shape index (κ1) is 71.4. The molecule has 0 unspecified atom stereocenters. The molecule has 0 bridgehead atoms. The standard InChI is InChI=1S/C74H100N12O9/c1-5-60(75-3)68(87)81-62-47-85-58(33-31-56(62)45-77-43-50-19-11-7-12-20-50)35-37-63(85)70(89)82-65(54-23-15-9-16-24-54)72(91)79-39-41-94-48-52-27-29-53(30-28-52)49-95-42-40-80-73(92)66(55-25-17-10-18-26-55)83-71(90)64-38-36-59-34-32-57(46-78-44-51-21-13-8-14-22-51)67(74(93)86(59)64)84-69(88)61(6-2)76-4/h7-30,56-67,75-78H,5-6,31-49H2,1-4H3,(H,79,91)(H,80,92)(H,81,87)(H,82,89)(H,83,90)(H,84,88)/t56-,57-,58+,59+,60+,61+,62-,63+,64+,65+,66+,67+/m1/s1. The van der Waals surface area contributed by atoms with Crippen molar-refractivity contribution in [2.75, 3.05) is 60.0 Å². The Morgan fingerprint density at radius 2 is 0.916 bits per heavy atom. The van der Waals surface area contributed by atoms with E-state index < -0.39 is 48.1 Å². The first-order valence-electron chi connectivity index (χ1n) is 34.4. The molecule has 5 aromatic rings. The Morgan fingerprint density at radius 1 is 0.484 bits per heavy atom. The van der Waals surface area contributed by atoms with Crippen LogP contribution in [0.25, 0.3) is 0 Å². The van der Waals surface area contributed by atoms with E-state index >= 15 is 0 Å². The number of carbonyl (C=O) groups excluding carboxylic acids is 7. The summed E-state index contributed by atoms with van der Waals surface area (Å²) in [5.74, 6) is -2.05. The van der Waals surface area contributed by atoms with Crippen molar-refractivity contribution in [3.8, 4) is 0 Å². The fraction of sp³-hybridized carbons (Fsp3) is 0.500. The quantitative estimate of drug-likeness (QED) is 0.0237. The lowest BCUT2D eigenvalue weighted by atomic mass is 9.92. The SMILES string of the molecule is CC[C@H](NC)C(=O)N[C@@H]1C(=O)N2[C@@H](CC[C@@H]1CNCc1ccccc1)CC[C@H]2C(=O)N[C@H](C(=O)NCCOCc1ccc(COCCNC(=O)[C@@H](NC(=O)[C@@H]2CC[C@@H]3CC[C@H](CNCc4ccccc4)[C@H](NC(=O)[C@H](CC)NC)CN32)c2ccccc2)cc1)c1ccccc1. The minimum atomic E-state index is -1.04. The van der Waals surface area contributed by atoms with Crippen LogP contribution in [0.5, 0.6) is 0 Å². The summed E-state index contributed by atoms with van der Waals surface area (Å²) < 4.78 is 12.0. The molecule has 0 saturated carbocycles. The van der Waals surface area contributed by atoms with Crippen molar-refractivity contribution in [2.45, 2.75) is 165 Å². The summed E-state index contributed by atoms with van der Waals surface area (Å²) in [4.78, 5) is 103. The zero-order valence-electron chi connectivity index (χ0n) is 55.7. The molecule has 5 aromatic carbocycles. The van der Waals surface area contributed by atoms with Crippen LogP contribution in [0, 0.1) is 11.8 Å². The van der Waals surface area contributed by atoms with Gasteiger partial charge in [-0.3, -0.25) is 38.5 Å². The lowest BCUT2D eigenvalue weighted by molar-refractivity contribution is -0.144. The van der Waals surface area contributed by atoms with Gasteiger partial charge in [0, 0.05) is 69.9 Å². The maximum absolute atomic E-state index is 14.8. The summed E-state index contributed by atoms with van der Waals surface area (Å²) in [5.41, 5.74) is 5.40. The smallest absolute Gasteiger partial charge is 0.247 e. The summed E-state index contributed by atoms with van der Waals surface area (Å²) >= 11 is 0. The molecule has 4 fully saturated rings. The van der Waals surface area contributed by atoms with Gasteiger partial charge in [-0.1, -0.05) is 159 Å². The summed E-state index contributed by atoms with van der Waals surface area (Å²) in [6.45, 7) is 8.40. The number of rotatable bonds is 34. The van der Waals surface area contributed by atoms with E-state index in [9.17, 15) is 33.6 Å². The number of hydrogen-bond acceptors (Lipinski definition) is 14. The maximum atomic E-state index is 14.8. The third-order valence-corrected chi connectivity index (χ3v) is 19.4. The van der Waals surface area contributed by atoms with E-state index in [0.717, 1.165) is 49.0 Å². The van der Waals surface area contributed by atoms with E-state index in [0.29, 0.717) is 82.3 Å². The zero-order chi connectivity index (χ0) is 66.9. The maximum Gasteiger partial charge on any atom is 0.247 e. The van der Waals surface area contributed by atoms with Gasteiger partial charge in [-0.05, 0) is 118 Å². The van der Waals surface area contributed by atoms with Crippen LogP contribution in [0.3, 0.4) is 0 Å². The molecule has 21 nitrogen and oxygen atoms in total. The number of amides is 7. The number of ether oxygens (including phenoxy) is 2. The molecule has 0 aromatic heterocycles. The second-order valence-corrected chi connectivity index (χ2v) is 25.7. The van der Waals surface area contributed by atoms with Gasteiger partial charge in [-0.2, -0.15) is 0 Å². The monoisotopic (exact) mass is 1300 g/mol. The number of nitrogens with zero attached hydrogens (tertiary/aromatic N) is 2. The average Bonchev–Trinajstić information content (AvgIpc) is 1.65. The zero-order valence-corrected chi connectivity index (χ0v) is 55.7. The van der Waals surface area contributed by atoms with Gasteiger partial charge in [-0.25, -0.2) is 0 Å². The van der Waals surface area contributed by atoms with E-state index in [1.54, 1.807) is 31.1 Å². The van der Waals surface area contributed by atoms with Gasteiger partial charge in [0.1, 0.15) is 24.2 Å². The van der Waals surface area contributed by atoms with E-state index in [-0.39, 0.29) is 98.4 Å². The Morgan fingerprint density at radius 3 is 1.42 bits per heavy atom. The van der Waals surface area contributed by atoms with Gasteiger partial charge in [0.25, 0.3) is 0 Å². The van der Waals surface area contributed by atoms with Crippen molar-refractivity contribution in [2.24, 2.45) is 11.8 Å². The van der Waals surface area contributed by atoms with Crippen molar-refractivity contribution in [3.05, 3.63) is 179 Å². The van der Waals surface area contributed by atoms with Gasteiger partial charge < -0.3 is 67.5 Å². The van der Waals surface area contributed by atoms with Crippen LogP contribution in [0.4, 0.5) is 0 Å². The Kier molecular flexibility index (Phi) is 27.7. The molecule has 12 atom stereocenters. The Hall–Kier alpha value is -7.89. The van der Waals surface area contributed by atoms with Gasteiger partial charge in [0.05, 0.1) is 44.6 Å². The fourth-order valence-corrected chi connectivity index (χ4v) is 14.0. The van der Waals surface area contributed by atoms with Crippen LogP contribution in [0.2, 0.25) is 0 Å². The molecule has 4 aliphatic rings. The lowest BCUT2D eigenvalue weighted by Crippen LogP contribution is -2.59. The molecule has 4 heterocycles. The Bertz CT molecular complexity index is 3220. The predicted octanol–water partition coefficient (Wildman–Crippen LogP) is 5.23.